The van der Waals surface area contributed by atoms with Crippen molar-refractivity contribution in [2.75, 3.05) is 0 Å². The molecule has 6 heteroatoms. The SMILES string of the molecule is S=C1NC(c2ccccn2)C(c2cccn2Cc2ccco2)N1C1CCCC1. The standard InChI is InChI=1S/C22H24N4OS/c28-22-24-20(18-10-3-4-12-23-18)21(26(22)16-7-1-2-8-16)19-11-5-13-25(19)15-17-9-6-14-27-17/h3-6,9-14,16,20-21H,1-2,7-8,15H2,(H,24,28). The Bertz CT molecular complexity index is 931. The summed E-state index contributed by atoms with van der Waals surface area (Å²) < 4.78 is 7.87. The second-order valence-corrected chi connectivity index (χ2v) is 8.00. The molecule has 1 aliphatic carbocycles. The van der Waals surface area contributed by atoms with Gasteiger partial charge in [0.25, 0.3) is 0 Å². The summed E-state index contributed by atoms with van der Waals surface area (Å²) in [6, 6.07) is 15.0. The van der Waals surface area contributed by atoms with Crippen LogP contribution in [0.1, 0.15) is 54.9 Å². The van der Waals surface area contributed by atoms with Crippen LogP contribution >= 0.6 is 12.2 Å². The van der Waals surface area contributed by atoms with Gasteiger partial charge in [0.1, 0.15) is 5.76 Å². The molecule has 28 heavy (non-hydrogen) atoms. The van der Waals surface area contributed by atoms with Crippen molar-refractivity contribution in [1.82, 2.24) is 19.8 Å². The van der Waals surface area contributed by atoms with Gasteiger partial charge in [0.2, 0.25) is 0 Å². The van der Waals surface area contributed by atoms with Gasteiger partial charge in [0, 0.05) is 24.1 Å². The van der Waals surface area contributed by atoms with Gasteiger partial charge >= 0.3 is 0 Å². The van der Waals surface area contributed by atoms with Crippen LogP contribution in [-0.2, 0) is 6.54 Å². The van der Waals surface area contributed by atoms with Gasteiger partial charge in [-0.2, -0.15) is 0 Å². The van der Waals surface area contributed by atoms with Crippen LogP contribution in [0.15, 0.2) is 65.5 Å². The van der Waals surface area contributed by atoms with Gasteiger partial charge in [-0.3, -0.25) is 4.98 Å². The fourth-order valence-corrected chi connectivity index (χ4v) is 5.06. The number of hydrogen-bond donors (Lipinski definition) is 1. The van der Waals surface area contributed by atoms with Crippen molar-refractivity contribution in [3.8, 4) is 0 Å². The summed E-state index contributed by atoms with van der Waals surface area (Å²) in [6.45, 7) is 0.714. The molecule has 2 unspecified atom stereocenters. The molecule has 5 nitrogen and oxygen atoms in total. The van der Waals surface area contributed by atoms with E-state index >= 15 is 0 Å². The van der Waals surface area contributed by atoms with Crippen molar-refractivity contribution in [3.63, 3.8) is 0 Å². The average Bonchev–Trinajstić information content (AvgIpc) is 3.50. The van der Waals surface area contributed by atoms with Crippen LogP contribution in [0.3, 0.4) is 0 Å². The van der Waals surface area contributed by atoms with Crippen LogP contribution in [0.25, 0.3) is 0 Å². The Morgan fingerprint density at radius 1 is 1.11 bits per heavy atom. The highest BCUT2D eigenvalue weighted by Gasteiger charge is 2.44. The first-order valence-corrected chi connectivity index (χ1v) is 10.4. The van der Waals surface area contributed by atoms with Crippen molar-refractivity contribution in [3.05, 3.63) is 78.3 Å². The first-order chi connectivity index (χ1) is 13.8. The van der Waals surface area contributed by atoms with E-state index in [0.717, 1.165) is 16.6 Å². The number of thiocarbonyl (C=S) groups is 1. The molecule has 1 aliphatic heterocycles. The highest BCUT2D eigenvalue weighted by atomic mass is 32.1. The molecule has 3 aromatic rings. The number of nitrogens with one attached hydrogen (secondary N) is 1. The van der Waals surface area contributed by atoms with Crippen molar-refractivity contribution in [1.29, 1.82) is 0 Å². The third kappa shape index (κ3) is 3.11. The van der Waals surface area contributed by atoms with Gasteiger partial charge in [-0.25, -0.2) is 0 Å². The zero-order valence-electron chi connectivity index (χ0n) is 15.7. The predicted octanol–water partition coefficient (Wildman–Crippen LogP) is 4.44. The number of aromatic nitrogens is 2. The van der Waals surface area contributed by atoms with Crippen molar-refractivity contribution >= 4 is 17.3 Å². The maximum absolute atomic E-state index is 5.82. The molecule has 0 amide bonds. The maximum atomic E-state index is 5.82. The van der Waals surface area contributed by atoms with E-state index in [0.29, 0.717) is 12.6 Å². The molecule has 1 N–H and O–H groups in total. The van der Waals surface area contributed by atoms with Gasteiger partial charge in [0.05, 0.1) is 30.6 Å². The maximum Gasteiger partial charge on any atom is 0.170 e. The summed E-state index contributed by atoms with van der Waals surface area (Å²) in [6.07, 6.45) is 10.7. The summed E-state index contributed by atoms with van der Waals surface area (Å²) >= 11 is 5.82. The van der Waals surface area contributed by atoms with E-state index in [1.54, 1.807) is 6.26 Å². The molecular formula is C22H24N4OS. The van der Waals surface area contributed by atoms with Crippen molar-refractivity contribution < 1.29 is 4.42 Å². The molecule has 1 saturated heterocycles. The summed E-state index contributed by atoms with van der Waals surface area (Å²) in [7, 11) is 0. The van der Waals surface area contributed by atoms with E-state index in [9.17, 15) is 0 Å². The third-order valence-electron chi connectivity index (χ3n) is 5.93. The number of hydrogen-bond acceptors (Lipinski definition) is 3. The lowest BCUT2D eigenvalue weighted by Gasteiger charge is -2.33. The van der Waals surface area contributed by atoms with Crippen LogP contribution < -0.4 is 5.32 Å². The lowest BCUT2D eigenvalue weighted by molar-refractivity contribution is 0.236. The topological polar surface area (TPSA) is 46.2 Å². The Labute approximate surface area is 170 Å². The molecule has 3 aromatic heterocycles. The number of furan rings is 1. The van der Waals surface area contributed by atoms with Gasteiger partial charge in [-0.1, -0.05) is 18.9 Å². The van der Waals surface area contributed by atoms with Crippen LogP contribution in [0, 0.1) is 0 Å². The Morgan fingerprint density at radius 2 is 2.00 bits per heavy atom. The normalized spacial score (nSPS) is 22.7. The van der Waals surface area contributed by atoms with E-state index in [1.807, 2.05) is 30.5 Å². The molecule has 0 bridgehead atoms. The Hall–Kier alpha value is -2.60. The fourth-order valence-electron chi connectivity index (χ4n) is 4.67. The molecule has 1 saturated carbocycles. The second-order valence-electron chi connectivity index (χ2n) is 7.61. The van der Waals surface area contributed by atoms with Crippen LogP contribution in [0.2, 0.25) is 0 Å². The molecule has 2 atom stereocenters. The Balaban J connectivity index is 1.55. The smallest absolute Gasteiger partial charge is 0.170 e. The molecular weight excluding hydrogens is 368 g/mol. The minimum Gasteiger partial charge on any atom is -0.467 e. The van der Waals surface area contributed by atoms with E-state index in [1.165, 1.54) is 31.4 Å². The first kappa shape index (κ1) is 17.5. The molecule has 0 radical (unpaired) electrons. The summed E-state index contributed by atoms with van der Waals surface area (Å²) in [5.74, 6) is 0.952. The van der Waals surface area contributed by atoms with E-state index in [4.69, 9.17) is 16.6 Å². The predicted molar refractivity (Wildman–Crippen MR) is 112 cm³/mol. The summed E-state index contributed by atoms with van der Waals surface area (Å²) in [5.41, 5.74) is 2.27. The molecule has 4 heterocycles. The Kier molecular flexibility index (Phi) is 4.64. The second kappa shape index (κ2) is 7.43. The van der Waals surface area contributed by atoms with Gasteiger partial charge in [-0.05, 0) is 61.5 Å². The highest BCUT2D eigenvalue weighted by molar-refractivity contribution is 7.80. The van der Waals surface area contributed by atoms with E-state index in [2.05, 4.69) is 44.2 Å². The molecule has 2 aliphatic rings. The lowest BCUT2D eigenvalue weighted by atomic mass is 9.99. The summed E-state index contributed by atoms with van der Waals surface area (Å²) in [5, 5.41) is 4.43. The number of rotatable bonds is 5. The lowest BCUT2D eigenvalue weighted by Crippen LogP contribution is -2.38. The number of nitrogens with zero attached hydrogens (tertiary/aromatic N) is 3. The van der Waals surface area contributed by atoms with Gasteiger partial charge in [0.15, 0.2) is 5.11 Å². The van der Waals surface area contributed by atoms with Gasteiger partial charge < -0.3 is 19.2 Å². The quantitative estimate of drug-likeness (QED) is 0.651. The van der Waals surface area contributed by atoms with Crippen LogP contribution in [0.5, 0.6) is 0 Å². The average molecular weight is 393 g/mol. The van der Waals surface area contributed by atoms with E-state index < -0.39 is 0 Å². The molecule has 0 aromatic carbocycles. The molecule has 5 rings (SSSR count). The van der Waals surface area contributed by atoms with Crippen LogP contribution in [-0.4, -0.2) is 25.6 Å². The minimum absolute atomic E-state index is 0.0413. The zero-order chi connectivity index (χ0) is 18.9. The van der Waals surface area contributed by atoms with Gasteiger partial charge in [-0.15, -0.1) is 0 Å². The molecule has 0 spiro atoms. The zero-order valence-corrected chi connectivity index (χ0v) is 16.5. The summed E-state index contributed by atoms with van der Waals surface area (Å²) in [4.78, 5) is 7.09. The fraction of sp³-hybridized carbons (Fsp3) is 0.364. The molecule has 144 valence electrons. The van der Waals surface area contributed by atoms with Crippen molar-refractivity contribution in [2.45, 2.75) is 50.4 Å². The first-order valence-electron chi connectivity index (χ1n) is 9.98. The van der Waals surface area contributed by atoms with Crippen LogP contribution in [0.4, 0.5) is 0 Å². The Morgan fingerprint density at radius 3 is 2.75 bits per heavy atom. The third-order valence-corrected chi connectivity index (χ3v) is 6.26. The number of pyridine rings is 1. The largest absolute Gasteiger partial charge is 0.467 e. The van der Waals surface area contributed by atoms with Crippen molar-refractivity contribution in [2.24, 2.45) is 0 Å². The monoisotopic (exact) mass is 392 g/mol. The van der Waals surface area contributed by atoms with E-state index in [-0.39, 0.29) is 12.1 Å². The minimum atomic E-state index is 0.0413. The highest BCUT2D eigenvalue weighted by Crippen LogP contribution is 2.43. The molecule has 2 fully saturated rings.